The number of fused-ring (bicyclic) bond motifs is 1. The fourth-order valence-corrected chi connectivity index (χ4v) is 3.96. The summed E-state index contributed by atoms with van der Waals surface area (Å²) in [5.74, 6) is -0.828. The molecule has 0 spiro atoms. The smallest absolute Gasteiger partial charge is 0.336 e. The molecule has 20 heavy (non-hydrogen) atoms. The summed E-state index contributed by atoms with van der Waals surface area (Å²) in [7, 11) is 0. The van der Waals surface area contributed by atoms with Crippen LogP contribution in [-0.2, 0) is 6.54 Å². The van der Waals surface area contributed by atoms with Crippen molar-refractivity contribution >= 4 is 27.4 Å². The minimum absolute atomic E-state index is 0.438. The van der Waals surface area contributed by atoms with E-state index in [0.717, 1.165) is 29.7 Å². The van der Waals surface area contributed by atoms with Crippen molar-refractivity contribution in [1.82, 2.24) is 4.90 Å². The third-order valence-electron chi connectivity index (χ3n) is 4.00. The molecule has 1 N–H and O–H groups in total. The van der Waals surface area contributed by atoms with Crippen LogP contribution in [0.3, 0.4) is 0 Å². The standard InChI is InChI=1S/C16H19NO2S/c18-16(19)13-6-5-7-14-15(13)12(11-20-14)10-17-8-3-1-2-4-9-17/h5-7,11H,1-4,8-10H2,(H,18,19). The predicted molar refractivity (Wildman–Crippen MR) is 82.5 cm³/mol. The maximum atomic E-state index is 11.4. The summed E-state index contributed by atoms with van der Waals surface area (Å²) in [6.45, 7) is 3.14. The van der Waals surface area contributed by atoms with Gasteiger partial charge < -0.3 is 5.11 Å². The zero-order valence-electron chi connectivity index (χ0n) is 11.5. The molecule has 0 saturated carbocycles. The van der Waals surface area contributed by atoms with Gasteiger partial charge in [0.1, 0.15) is 0 Å². The predicted octanol–water partition coefficient (Wildman–Crippen LogP) is 3.98. The molecule has 0 bridgehead atoms. The average molecular weight is 289 g/mol. The van der Waals surface area contributed by atoms with Crippen molar-refractivity contribution in [1.29, 1.82) is 0 Å². The molecule has 3 nitrogen and oxygen atoms in total. The molecule has 0 atom stereocenters. The number of rotatable bonds is 3. The molecule has 3 rings (SSSR count). The summed E-state index contributed by atoms with van der Waals surface area (Å²) in [5.41, 5.74) is 1.61. The Balaban J connectivity index is 1.93. The fourth-order valence-electron chi connectivity index (χ4n) is 2.98. The Kier molecular flexibility index (Phi) is 4.03. The number of hydrogen-bond donors (Lipinski definition) is 1. The van der Waals surface area contributed by atoms with E-state index >= 15 is 0 Å². The van der Waals surface area contributed by atoms with E-state index in [1.54, 1.807) is 17.4 Å². The highest BCUT2D eigenvalue weighted by Gasteiger charge is 2.16. The molecule has 0 unspecified atom stereocenters. The second-order valence-corrected chi connectivity index (χ2v) is 6.35. The van der Waals surface area contributed by atoms with Crippen LogP contribution in [0.15, 0.2) is 23.6 Å². The van der Waals surface area contributed by atoms with Crippen molar-refractivity contribution in [3.8, 4) is 0 Å². The molecule has 1 aromatic heterocycles. The van der Waals surface area contributed by atoms with Crippen molar-refractivity contribution in [3.63, 3.8) is 0 Å². The van der Waals surface area contributed by atoms with E-state index in [1.807, 2.05) is 12.1 Å². The van der Waals surface area contributed by atoms with Crippen LogP contribution in [0.4, 0.5) is 0 Å². The Morgan fingerprint density at radius 3 is 2.65 bits per heavy atom. The minimum Gasteiger partial charge on any atom is -0.478 e. The zero-order valence-corrected chi connectivity index (χ0v) is 12.3. The summed E-state index contributed by atoms with van der Waals surface area (Å²) in [6.07, 6.45) is 5.16. The number of hydrogen-bond acceptors (Lipinski definition) is 3. The van der Waals surface area contributed by atoms with Gasteiger partial charge in [-0.3, -0.25) is 4.90 Å². The molecule has 4 heteroatoms. The Hall–Kier alpha value is -1.39. The van der Waals surface area contributed by atoms with E-state index in [1.165, 1.54) is 31.2 Å². The lowest BCUT2D eigenvalue weighted by molar-refractivity contribution is 0.0699. The van der Waals surface area contributed by atoms with Gasteiger partial charge in [-0.2, -0.15) is 0 Å². The molecule has 0 aliphatic carbocycles. The SMILES string of the molecule is O=C(O)c1cccc2scc(CN3CCCCCC3)c12. The molecule has 1 saturated heterocycles. The Labute approximate surface area is 122 Å². The number of thiophene rings is 1. The topological polar surface area (TPSA) is 40.5 Å². The summed E-state index contributed by atoms with van der Waals surface area (Å²) in [4.78, 5) is 13.9. The van der Waals surface area contributed by atoms with Crippen molar-refractivity contribution < 1.29 is 9.90 Å². The lowest BCUT2D eigenvalue weighted by Crippen LogP contribution is -2.23. The molecule has 1 aromatic carbocycles. The molecule has 1 aliphatic heterocycles. The van der Waals surface area contributed by atoms with Crippen LogP contribution in [0, 0.1) is 0 Å². The molecule has 0 radical (unpaired) electrons. The average Bonchev–Trinajstić information content (AvgIpc) is 2.68. The van der Waals surface area contributed by atoms with E-state index in [0.29, 0.717) is 5.56 Å². The highest BCUT2D eigenvalue weighted by atomic mass is 32.1. The molecule has 1 fully saturated rings. The first kappa shape index (κ1) is 13.6. The lowest BCUT2D eigenvalue weighted by Gasteiger charge is -2.19. The van der Waals surface area contributed by atoms with Crippen LogP contribution in [-0.4, -0.2) is 29.1 Å². The second kappa shape index (κ2) is 5.94. The van der Waals surface area contributed by atoms with E-state index in [9.17, 15) is 9.90 Å². The van der Waals surface area contributed by atoms with Crippen molar-refractivity contribution in [2.24, 2.45) is 0 Å². The highest BCUT2D eigenvalue weighted by Crippen LogP contribution is 2.30. The maximum absolute atomic E-state index is 11.4. The monoisotopic (exact) mass is 289 g/mol. The maximum Gasteiger partial charge on any atom is 0.336 e. The molecule has 1 aliphatic rings. The van der Waals surface area contributed by atoms with Gasteiger partial charge in [0, 0.05) is 16.6 Å². The van der Waals surface area contributed by atoms with Gasteiger partial charge in [-0.1, -0.05) is 18.9 Å². The van der Waals surface area contributed by atoms with Crippen LogP contribution in [0.1, 0.15) is 41.6 Å². The van der Waals surface area contributed by atoms with Gasteiger partial charge in [-0.05, 0) is 49.0 Å². The molecular weight excluding hydrogens is 270 g/mol. The van der Waals surface area contributed by atoms with E-state index < -0.39 is 5.97 Å². The van der Waals surface area contributed by atoms with Gasteiger partial charge in [0.15, 0.2) is 0 Å². The first-order valence-corrected chi connectivity index (χ1v) is 8.08. The summed E-state index contributed by atoms with van der Waals surface area (Å²) >= 11 is 1.65. The molecule has 2 heterocycles. The number of benzene rings is 1. The van der Waals surface area contributed by atoms with Gasteiger partial charge in [0.25, 0.3) is 0 Å². The summed E-state index contributed by atoms with van der Waals surface area (Å²) in [5, 5.41) is 12.4. The van der Waals surface area contributed by atoms with E-state index in [4.69, 9.17) is 0 Å². The van der Waals surface area contributed by atoms with E-state index in [2.05, 4.69) is 10.3 Å². The van der Waals surface area contributed by atoms with Crippen LogP contribution in [0.25, 0.3) is 10.1 Å². The van der Waals surface area contributed by atoms with Crippen LogP contribution < -0.4 is 0 Å². The summed E-state index contributed by atoms with van der Waals surface area (Å²) in [6, 6.07) is 5.56. The van der Waals surface area contributed by atoms with Crippen LogP contribution >= 0.6 is 11.3 Å². The van der Waals surface area contributed by atoms with E-state index in [-0.39, 0.29) is 0 Å². The van der Waals surface area contributed by atoms with Crippen molar-refractivity contribution in [2.75, 3.05) is 13.1 Å². The number of aromatic carboxylic acids is 1. The number of carboxylic acid groups (broad SMARTS) is 1. The lowest BCUT2D eigenvalue weighted by atomic mass is 10.1. The third-order valence-corrected chi connectivity index (χ3v) is 5.00. The number of nitrogens with zero attached hydrogens (tertiary/aromatic N) is 1. The fraction of sp³-hybridized carbons (Fsp3) is 0.438. The minimum atomic E-state index is -0.828. The number of carbonyl (C=O) groups is 1. The van der Waals surface area contributed by atoms with Gasteiger partial charge in [-0.25, -0.2) is 4.79 Å². The zero-order chi connectivity index (χ0) is 13.9. The number of carboxylic acids is 1. The third kappa shape index (κ3) is 2.72. The molecule has 0 amide bonds. The van der Waals surface area contributed by atoms with Crippen LogP contribution in [0.5, 0.6) is 0 Å². The van der Waals surface area contributed by atoms with Crippen molar-refractivity contribution in [2.45, 2.75) is 32.2 Å². The first-order chi connectivity index (χ1) is 9.75. The van der Waals surface area contributed by atoms with Gasteiger partial charge in [-0.15, -0.1) is 11.3 Å². The Bertz CT molecular complexity index is 612. The first-order valence-electron chi connectivity index (χ1n) is 7.20. The number of likely N-dealkylation sites (tertiary alicyclic amines) is 1. The highest BCUT2D eigenvalue weighted by molar-refractivity contribution is 7.17. The molecule has 2 aromatic rings. The van der Waals surface area contributed by atoms with Gasteiger partial charge in [0.05, 0.1) is 5.56 Å². The molecule has 106 valence electrons. The van der Waals surface area contributed by atoms with Gasteiger partial charge >= 0.3 is 5.97 Å². The van der Waals surface area contributed by atoms with Crippen LogP contribution in [0.2, 0.25) is 0 Å². The quantitative estimate of drug-likeness (QED) is 0.929. The largest absolute Gasteiger partial charge is 0.478 e. The van der Waals surface area contributed by atoms with Gasteiger partial charge in [0.2, 0.25) is 0 Å². The normalized spacial score (nSPS) is 17.2. The summed E-state index contributed by atoms with van der Waals surface area (Å²) < 4.78 is 1.08. The molecular formula is C16H19NO2S. The van der Waals surface area contributed by atoms with Crippen molar-refractivity contribution in [3.05, 3.63) is 34.7 Å². The second-order valence-electron chi connectivity index (χ2n) is 5.44. The Morgan fingerprint density at radius 2 is 1.95 bits per heavy atom. The Morgan fingerprint density at radius 1 is 1.20 bits per heavy atom.